The van der Waals surface area contributed by atoms with Crippen LogP contribution in [0.1, 0.15) is 61.4 Å². The van der Waals surface area contributed by atoms with E-state index in [-0.39, 0.29) is 23.4 Å². The first-order chi connectivity index (χ1) is 17.1. The Morgan fingerprint density at radius 2 is 1.56 bits per heavy atom. The average molecular weight is 509 g/mol. The van der Waals surface area contributed by atoms with Crippen LogP contribution < -0.4 is 14.4 Å². The maximum absolute atomic E-state index is 13.7. The van der Waals surface area contributed by atoms with Crippen molar-refractivity contribution in [2.24, 2.45) is 0 Å². The number of carbonyl (C=O) groups is 1. The fourth-order valence-corrected chi connectivity index (χ4v) is 5.51. The van der Waals surface area contributed by atoms with Crippen molar-refractivity contribution in [3.8, 4) is 5.75 Å². The average Bonchev–Trinajstić information content (AvgIpc) is 2.86. The van der Waals surface area contributed by atoms with E-state index >= 15 is 0 Å². The van der Waals surface area contributed by atoms with E-state index in [1.54, 1.807) is 43.5 Å². The van der Waals surface area contributed by atoms with Crippen molar-refractivity contribution in [2.75, 3.05) is 18.0 Å². The summed E-state index contributed by atoms with van der Waals surface area (Å²) < 4.78 is 33.9. The normalized spacial score (nSPS) is 12.3. The molecule has 0 aliphatic rings. The van der Waals surface area contributed by atoms with E-state index < -0.39 is 10.0 Å². The minimum Gasteiger partial charge on any atom is -0.496 e. The highest BCUT2D eigenvalue weighted by Gasteiger charge is 2.28. The monoisotopic (exact) mass is 508 g/mol. The summed E-state index contributed by atoms with van der Waals surface area (Å²) in [5.74, 6) is 0.710. The van der Waals surface area contributed by atoms with Crippen molar-refractivity contribution in [2.45, 2.75) is 57.9 Å². The quantitative estimate of drug-likeness (QED) is 0.370. The molecule has 1 amide bonds. The Morgan fingerprint density at radius 1 is 0.944 bits per heavy atom. The summed E-state index contributed by atoms with van der Waals surface area (Å²) in [5, 5.41) is 3.02. The lowest BCUT2D eigenvalue weighted by atomic mass is 10.0. The second-order valence-corrected chi connectivity index (χ2v) is 11.2. The molecule has 0 saturated heterocycles. The van der Waals surface area contributed by atoms with E-state index in [0.29, 0.717) is 18.0 Å². The summed E-state index contributed by atoms with van der Waals surface area (Å²) in [5.41, 5.74) is 4.41. The number of hydrogen-bond donors (Lipinski definition) is 1. The molecule has 0 aromatic heterocycles. The standard InChI is InChI=1S/C29H36N2O4S/c1-7-27(24-12-17-28(35-6)22(5)18-24)30-29(32)19-31(25-13-10-23(11-14-25)20(2)3)36(33,34)26-15-8-21(4)9-16-26/h8-18,20,27H,7,19H2,1-6H3,(H,30,32)/t27-/m1/s1. The first-order valence-electron chi connectivity index (χ1n) is 12.2. The Morgan fingerprint density at radius 3 is 2.08 bits per heavy atom. The lowest BCUT2D eigenvalue weighted by Crippen LogP contribution is -2.42. The molecule has 0 radical (unpaired) electrons. The van der Waals surface area contributed by atoms with Gasteiger partial charge in [0.15, 0.2) is 0 Å². The smallest absolute Gasteiger partial charge is 0.264 e. The molecule has 3 rings (SSSR count). The zero-order valence-electron chi connectivity index (χ0n) is 21.9. The SMILES string of the molecule is CC[C@@H](NC(=O)CN(c1ccc(C(C)C)cc1)S(=O)(=O)c1ccc(C)cc1)c1ccc(OC)c(C)c1. The number of nitrogens with one attached hydrogen (secondary N) is 1. The highest BCUT2D eigenvalue weighted by Crippen LogP contribution is 2.27. The Hall–Kier alpha value is -3.32. The number of anilines is 1. The highest BCUT2D eigenvalue weighted by atomic mass is 32.2. The van der Waals surface area contributed by atoms with Crippen LogP contribution in [0.15, 0.2) is 71.6 Å². The van der Waals surface area contributed by atoms with Gasteiger partial charge in [-0.05, 0) is 73.2 Å². The Balaban J connectivity index is 1.92. The molecular weight excluding hydrogens is 472 g/mol. The second-order valence-electron chi connectivity index (χ2n) is 9.33. The molecule has 6 nitrogen and oxygen atoms in total. The third-order valence-electron chi connectivity index (χ3n) is 6.31. The molecule has 0 bridgehead atoms. The fraction of sp³-hybridized carbons (Fsp3) is 0.345. The lowest BCUT2D eigenvalue weighted by molar-refractivity contribution is -0.120. The Bertz CT molecular complexity index is 1280. The van der Waals surface area contributed by atoms with Crippen LogP contribution >= 0.6 is 0 Å². The number of nitrogens with zero attached hydrogens (tertiary/aromatic N) is 1. The molecule has 0 aliphatic heterocycles. The number of ether oxygens (including phenoxy) is 1. The molecule has 0 saturated carbocycles. The Kier molecular flexibility index (Phi) is 8.79. The third-order valence-corrected chi connectivity index (χ3v) is 8.10. The molecule has 0 spiro atoms. The number of benzene rings is 3. The molecule has 1 N–H and O–H groups in total. The van der Waals surface area contributed by atoms with Gasteiger partial charge in [0.25, 0.3) is 10.0 Å². The van der Waals surface area contributed by atoms with E-state index in [0.717, 1.165) is 28.0 Å². The van der Waals surface area contributed by atoms with Crippen LogP contribution in [0.3, 0.4) is 0 Å². The molecule has 7 heteroatoms. The van der Waals surface area contributed by atoms with E-state index in [1.807, 2.05) is 51.1 Å². The molecule has 0 aliphatic carbocycles. The van der Waals surface area contributed by atoms with Crippen molar-refractivity contribution >= 4 is 21.6 Å². The van der Waals surface area contributed by atoms with Gasteiger partial charge in [-0.25, -0.2) is 8.42 Å². The number of carbonyl (C=O) groups excluding carboxylic acids is 1. The molecule has 0 fully saturated rings. The van der Waals surface area contributed by atoms with Crippen LogP contribution in [-0.4, -0.2) is 28.0 Å². The predicted octanol–water partition coefficient (Wildman–Crippen LogP) is 5.90. The van der Waals surface area contributed by atoms with Gasteiger partial charge in [0, 0.05) is 0 Å². The van der Waals surface area contributed by atoms with Crippen LogP contribution in [0, 0.1) is 13.8 Å². The molecule has 3 aromatic carbocycles. The number of aryl methyl sites for hydroxylation is 2. The van der Waals surface area contributed by atoms with E-state index in [4.69, 9.17) is 4.74 Å². The largest absolute Gasteiger partial charge is 0.496 e. The zero-order chi connectivity index (χ0) is 26.5. The summed E-state index contributed by atoms with van der Waals surface area (Å²) in [6, 6.07) is 19.5. The summed E-state index contributed by atoms with van der Waals surface area (Å²) >= 11 is 0. The maximum atomic E-state index is 13.7. The molecular formula is C29H36N2O4S. The van der Waals surface area contributed by atoms with Crippen molar-refractivity contribution in [3.63, 3.8) is 0 Å². The van der Waals surface area contributed by atoms with Crippen molar-refractivity contribution in [1.82, 2.24) is 5.32 Å². The minimum atomic E-state index is -3.97. The number of amides is 1. The highest BCUT2D eigenvalue weighted by molar-refractivity contribution is 7.92. The van der Waals surface area contributed by atoms with Crippen molar-refractivity contribution in [1.29, 1.82) is 0 Å². The first kappa shape index (κ1) is 27.3. The number of rotatable bonds is 10. The molecule has 1 atom stereocenters. The van der Waals surface area contributed by atoms with E-state index in [9.17, 15) is 13.2 Å². The van der Waals surface area contributed by atoms with E-state index in [1.165, 1.54) is 4.31 Å². The van der Waals surface area contributed by atoms with Crippen LogP contribution in [0.2, 0.25) is 0 Å². The second kappa shape index (κ2) is 11.6. The maximum Gasteiger partial charge on any atom is 0.264 e. The number of hydrogen-bond acceptors (Lipinski definition) is 4. The van der Waals surface area contributed by atoms with Crippen LogP contribution in [0.4, 0.5) is 5.69 Å². The van der Waals surface area contributed by atoms with Gasteiger partial charge in [-0.2, -0.15) is 0 Å². The van der Waals surface area contributed by atoms with Gasteiger partial charge < -0.3 is 10.1 Å². The lowest BCUT2D eigenvalue weighted by Gasteiger charge is -2.26. The number of sulfonamides is 1. The van der Waals surface area contributed by atoms with Gasteiger partial charge >= 0.3 is 0 Å². The van der Waals surface area contributed by atoms with Gasteiger partial charge in [-0.1, -0.05) is 62.7 Å². The van der Waals surface area contributed by atoms with Gasteiger partial charge in [-0.3, -0.25) is 9.10 Å². The van der Waals surface area contributed by atoms with Crippen LogP contribution in [0.5, 0.6) is 5.75 Å². The number of methoxy groups -OCH3 is 1. The molecule has 0 unspecified atom stereocenters. The fourth-order valence-electron chi connectivity index (χ4n) is 4.09. The van der Waals surface area contributed by atoms with Crippen LogP contribution in [-0.2, 0) is 14.8 Å². The van der Waals surface area contributed by atoms with Crippen molar-refractivity contribution in [3.05, 3.63) is 89.0 Å². The summed E-state index contributed by atoms with van der Waals surface area (Å²) in [6.45, 7) is 9.66. The molecule has 192 valence electrons. The molecule has 36 heavy (non-hydrogen) atoms. The zero-order valence-corrected chi connectivity index (χ0v) is 22.7. The first-order valence-corrected chi connectivity index (χ1v) is 13.6. The van der Waals surface area contributed by atoms with Gasteiger partial charge in [0.05, 0.1) is 23.7 Å². The van der Waals surface area contributed by atoms with Gasteiger partial charge in [0.2, 0.25) is 5.91 Å². The van der Waals surface area contributed by atoms with Crippen molar-refractivity contribution < 1.29 is 17.9 Å². The summed E-state index contributed by atoms with van der Waals surface area (Å²) in [7, 11) is -2.34. The molecule has 3 aromatic rings. The third kappa shape index (κ3) is 6.26. The van der Waals surface area contributed by atoms with Crippen LogP contribution in [0.25, 0.3) is 0 Å². The van der Waals surface area contributed by atoms with Gasteiger partial charge in [0.1, 0.15) is 12.3 Å². The van der Waals surface area contributed by atoms with E-state index in [2.05, 4.69) is 19.2 Å². The minimum absolute atomic E-state index is 0.145. The molecule has 0 heterocycles. The summed E-state index contributed by atoms with van der Waals surface area (Å²) in [4.78, 5) is 13.4. The Labute approximate surface area is 215 Å². The summed E-state index contributed by atoms with van der Waals surface area (Å²) in [6.07, 6.45) is 0.658. The van der Waals surface area contributed by atoms with Gasteiger partial charge in [-0.15, -0.1) is 0 Å². The topological polar surface area (TPSA) is 75.7 Å². The predicted molar refractivity (Wildman–Crippen MR) is 145 cm³/mol.